The molecule has 5 heteroatoms. The van der Waals surface area contributed by atoms with Crippen LogP contribution in [0.25, 0.3) is 0 Å². The summed E-state index contributed by atoms with van der Waals surface area (Å²) in [7, 11) is 0. The number of halogens is 1. The molecule has 2 aromatic rings. The monoisotopic (exact) mass is 386 g/mol. The predicted molar refractivity (Wildman–Crippen MR) is 110 cm³/mol. The van der Waals surface area contributed by atoms with Crippen molar-refractivity contribution in [2.75, 3.05) is 23.4 Å². The average molecular weight is 387 g/mol. The molecule has 136 valence electrons. The van der Waals surface area contributed by atoms with Crippen molar-refractivity contribution in [1.82, 2.24) is 4.90 Å². The van der Waals surface area contributed by atoms with Crippen molar-refractivity contribution < 1.29 is 4.79 Å². The lowest BCUT2D eigenvalue weighted by Crippen LogP contribution is -2.41. The number of anilines is 1. The van der Waals surface area contributed by atoms with Gasteiger partial charge in [0, 0.05) is 24.8 Å². The molecular formula is C21H23ClN2OS. The Kier molecular flexibility index (Phi) is 5.53. The quantitative estimate of drug-likeness (QED) is 0.818. The van der Waals surface area contributed by atoms with Gasteiger partial charge in [-0.3, -0.25) is 9.69 Å². The molecule has 0 spiro atoms. The number of fused-ring (bicyclic) bond motifs is 1. The molecule has 0 radical (unpaired) electrons. The largest absolute Gasteiger partial charge is 0.322 e. The highest BCUT2D eigenvalue weighted by atomic mass is 35.5. The minimum atomic E-state index is -0.160. The summed E-state index contributed by atoms with van der Waals surface area (Å²) in [6.07, 6.45) is 3.68. The minimum Gasteiger partial charge on any atom is -0.322 e. The zero-order valence-corrected chi connectivity index (χ0v) is 16.3. The van der Waals surface area contributed by atoms with Crippen LogP contribution in [0.15, 0.2) is 42.5 Å². The Hall–Kier alpha value is -1.49. The fourth-order valence-corrected chi connectivity index (χ4v) is 5.17. The van der Waals surface area contributed by atoms with Gasteiger partial charge in [-0.2, -0.15) is 11.8 Å². The number of hydrogen-bond acceptors (Lipinski definition) is 3. The maximum Gasteiger partial charge on any atom is 0.257 e. The highest BCUT2D eigenvalue weighted by Crippen LogP contribution is 2.29. The van der Waals surface area contributed by atoms with Crippen molar-refractivity contribution in [3.63, 3.8) is 0 Å². The van der Waals surface area contributed by atoms with Crippen LogP contribution in [0.3, 0.4) is 0 Å². The van der Waals surface area contributed by atoms with Crippen LogP contribution in [0.1, 0.15) is 34.3 Å². The van der Waals surface area contributed by atoms with Gasteiger partial charge >= 0.3 is 0 Å². The molecule has 0 aromatic heterocycles. The van der Waals surface area contributed by atoms with E-state index in [0.29, 0.717) is 16.6 Å². The van der Waals surface area contributed by atoms with E-state index in [9.17, 15) is 4.79 Å². The van der Waals surface area contributed by atoms with Crippen molar-refractivity contribution in [3.05, 3.63) is 64.2 Å². The lowest BCUT2D eigenvalue weighted by Gasteiger charge is -2.37. The molecule has 2 heterocycles. The van der Waals surface area contributed by atoms with Gasteiger partial charge < -0.3 is 5.32 Å². The van der Waals surface area contributed by atoms with Crippen molar-refractivity contribution in [1.29, 1.82) is 0 Å². The third-order valence-electron chi connectivity index (χ3n) is 5.33. The SMILES string of the molecule is O=C(Nc1ccc2c(c1)CN(C1CCSCC1)CC2)c1ccccc1Cl. The lowest BCUT2D eigenvalue weighted by molar-refractivity contribution is 0.102. The Morgan fingerprint density at radius 3 is 2.73 bits per heavy atom. The normalized spacial score (nSPS) is 18.3. The molecule has 1 N–H and O–H groups in total. The van der Waals surface area contributed by atoms with Gasteiger partial charge in [0.05, 0.1) is 10.6 Å². The molecule has 2 aliphatic heterocycles. The molecule has 1 fully saturated rings. The molecule has 0 saturated carbocycles. The van der Waals surface area contributed by atoms with Gasteiger partial charge in [0.2, 0.25) is 0 Å². The van der Waals surface area contributed by atoms with Crippen molar-refractivity contribution >= 4 is 35.0 Å². The minimum absolute atomic E-state index is 0.160. The number of nitrogens with one attached hydrogen (secondary N) is 1. The van der Waals surface area contributed by atoms with E-state index in [-0.39, 0.29) is 5.91 Å². The summed E-state index contributed by atoms with van der Waals surface area (Å²) in [6, 6.07) is 14.2. The number of carbonyl (C=O) groups excluding carboxylic acids is 1. The summed E-state index contributed by atoms with van der Waals surface area (Å²) in [5.41, 5.74) is 4.09. The highest BCUT2D eigenvalue weighted by Gasteiger charge is 2.25. The molecule has 1 saturated heterocycles. The van der Waals surface area contributed by atoms with E-state index < -0.39 is 0 Å². The highest BCUT2D eigenvalue weighted by molar-refractivity contribution is 7.99. The zero-order chi connectivity index (χ0) is 17.9. The third kappa shape index (κ3) is 3.93. The number of amides is 1. The average Bonchev–Trinajstić information content (AvgIpc) is 2.68. The van der Waals surface area contributed by atoms with Crippen LogP contribution in [-0.4, -0.2) is 34.9 Å². The Balaban J connectivity index is 1.48. The van der Waals surface area contributed by atoms with Crippen LogP contribution < -0.4 is 5.32 Å². The van der Waals surface area contributed by atoms with E-state index in [1.807, 2.05) is 18.2 Å². The summed E-state index contributed by atoms with van der Waals surface area (Å²) >= 11 is 8.21. The molecular weight excluding hydrogens is 364 g/mol. The second-order valence-electron chi connectivity index (χ2n) is 6.98. The first-order valence-corrected chi connectivity index (χ1v) is 10.7. The molecule has 0 unspecified atom stereocenters. The van der Waals surface area contributed by atoms with Crippen molar-refractivity contribution in [2.45, 2.75) is 31.8 Å². The summed E-state index contributed by atoms with van der Waals surface area (Å²) in [6.45, 7) is 2.13. The van der Waals surface area contributed by atoms with Crippen LogP contribution in [-0.2, 0) is 13.0 Å². The standard InChI is InChI=1S/C21H23ClN2OS/c22-20-4-2-1-3-19(20)21(25)23-17-6-5-15-7-10-24(14-16(15)13-17)18-8-11-26-12-9-18/h1-6,13,18H,7-12,14H2,(H,23,25). The maximum atomic E-state index is 12.5. The zero-order valence-electron chi connectivity index (χ0n) is 14.7. The van der Waals surface area contributed by atoms with Gasteiger partial charge in [-0.1, -0.05) is 29.8 Å². The topological polar surface area (TPSA) is 32.3 Å². The third-order valence-corrected chi connectivity index (χ3v) is 6.71. The molecule has 2 aromatic carbocycles. The lowest BCUT2D eigenvalue weighted by atomic mass is 9.96. The fourth-order valence-electron chi connectivity index (χ4n) is 3.86. The number of nitrogens with zero attached hydrogens (tertiary/aromatic N) is 1. The van der Waals surface area contributed by atoms with Crippen molar-refractivity contribution in [3.8, 4) is 0 Å². The van der Waals surface area contributed by atoms with Crippen LogP contribution in [0.4, 0.5) is 5.69 Å². The summed E-state index contributed by atoms with van der Waals surface area (Å²) in [4.78, 5) is 15.1. The molecule has 26 heavy (non-hydrogen) atoms. The van der Waals surface area contributed by atoms with Crippen LogP contribution in [0.5, 0.6) is 0 Å². The summed E-state index contributed by atoms with van der Waals surface area (Å²) in [5, 5.41) is 3.47. The first-order valence-electron chi connectivity index (χ1n) is 9.20. The van der Waals surface area contributed by atoms with E-state index in [4.69, 9.17) is 11.6 Å². The summed E-state index contributed by atoms with van der Waals surface area (Å²) < 4.78 is 0. The van der Waals surface area contributed by atoms with E-state index >= 15 is 0 Å². The first-order chi connectivity index (χ1) is 12.7. The van der Waals surface area contributed by atoms with Crippen LogP contribution in [0.2, 0.25) is 5.02 Å². The fraction of sp³-hybridized carbons (Fsp3) is 0.381. The Morgan fingerprint density at radius 2 is 1.92 bits per heavy atom. The van der Waals surface area contributed by atoms with Crippen LogP contribution in [0, 0.1) is 0 Å². The summed E-state index contributed by atoms with van der Waals surface area (Å²) in [5.74, 6) is 2.40. The molecule has 0 bridgehead atoms. The molecule has 0 aliphatic carbocycles. The van der Waals surface area contributed by atoms with E-state index in [2.05, 4.69) is 34.1 Å². The maximum absolute atomic E-state index is 12.5. The van der Waals surface area contributed by atoms with Gasteiger partial charge in [-0.15, -0.1) is 0 Å². The Morgan fingerprint density at radius 1 is 1.12 bits per heavy atom. The van der Waals surface area contributed by atoms with Gasteiger partial charge in [0.25, 0.3) is 5.91 Å². The van der Waals surface area contributed by atoms with Crippen molar-refractivity contribution in [2.24, 2.45) is 0 Å². The number of thioether (sulfide) groups is 1. The molecule has 1 amide bonds. The number of benzene rings is 2. The number of rotatable bonds is 3. The number of carbonyl (C=O) groups is 1. The Bertz CT molecular complexity index is 804. The molecule has 0 atom stereocenters. The number of hydrogen-bond donors (Lipinski definition) is 1. The van der Waals surface area contributed by atoms with Gasteiger partial charge in [0.15, 0.2) is 0 Å². The predicted octanol–water partition coefficient (Wildman–Crippen LogP) is 4.85. The van der Waals surface area contributed by atoms with Crippen LogP contribution >= 0.6 is 23.4 Å². The van der Waals surface area contributed by atoms with E-state index in [1.54, 1.807) is 12.1 Å². The van der Waals surface area contributed by atoms with E-state index in [0.717, 1.165) is 25.2 Å². The second kappa shape index (κ2) is 8.03. The van der Waals surface area contributed by atoms with Gasteiger partial charge in [-0.25, -0.2) is 0 Å². The first kappa shape index (κ1) is 17.9. The van der Waals surface area contributed by atoms with Gasteiger partial charge in [0.1, 0.15) is 0 Å². The Labute approximate surface area is 164 Å². The molecule has 4 rings (SSSR count). The second-order valence-corrected chi connectivity index (χ2v) is 8.61. The molecule has 2 aliphatic rings. The van der Waals surface area contributed by atoms with Gasteiger partial charge in [-0.05, 0) is 66.2 Å². The smallest absolute Gasteiger partial charge is 0.257 e. The van der Waals surface area contributed by atoms with E-state index in [1.165, 1.54) is 35.5 Å². The molecule has 3 nitrogen and oxygen atoms in total.